The Kier molecular flexibility index (Phi) is 12.5. The maximum Gasteiger partial charge on any atom is 0.510 e. The number of unbranched alkanes of at least 4 members (excludes halogenated alkanes) is 1. The molecule has 3 aromatic carbocycles. The fraction of sp³-hybridized carbons (Fsp3) is 0.389. The number of amidine groups is 2. The van der Waals surface area contributed by atoms with E-state index in [1.54, 1.807) is 36.2 Å². The van der Waals surface area contributed by atoms with Gasteiger partial charge in [0.15, 0.2) is 12.1 Å². The number of nitrogens with two attached hydrogens (primary N) is 1. The highest BCUT2D eigenvalue weighted by Gasteiger charge is 2.34. The van der Waals surface area contributed by atoms with E-state index in [9.17, 15) is 19.7 Å². The van der Waals surface area contributed by atoms with Crippen LogP contribution in [0.25, 0.3) is 11.1 Å². The monoisotopic (exact) mass is 700 g/mol. The molecule has 1 atom stereocenters. The Labute approximate surface area is 296 Å². The van der Waals surface area contributed by atoms with Crippen LogP contribution in [0.1, 0.15) is 81.0 Å². The van der Waals surface area contributed by atoms with Gasteiger partial charge in [-0.05, 0) is 54.0 Å². The normalized spacial score (nSPS) is 16.0. The first-order chi connectivity index (χ1) is 24.7. The number of benzene rings is 3. The number of carbonyl (C=O) groups excluding carboxylic acids is 2. The Bertz CT molecular complexity index is 1730. The average Bonchev–Trinajstić information content (AvgIpc) is 3.83. The lowest BCUT2D eigenvalue weighted by atomic mass is 9.98. The van der Waals surface area contributed by atoms with E-state index in [2.05, 4.69) is 27.8 Å². The SMILES string of the molecule is CCCCC(=NC1(C=O)CCCC1)N(N)Cc1ccc(-c2ccccc2C2=NNN(C(C)OC(=O)OCc3ccccc3CO[N+](=O)[O-])N2)cc1. The number of aliphatic imine (C=N–C) groups is 1. The van der Waals surface area contributed by atoms with Gasteiger partial charge < -0.3 is 19.1 Å². The molecule has 1 heterocycles. The summed E-state index contributed by atoms with van der Waals surface area (Å²) in [6.07, 6.45) is 5.42. The van der Waals surface area contributed by atoms with E-state index in [-0.39, 0.29) is 13.2 Å². The third-order valence-electron chi connectivity index (χ3n) is 8.84. The highest BCUT2D eigenvalue weighted by Crippen LogP contribution is 2.32. The number of rotatable bonds is 16. The quantitative estimate of drug-likeness (QED) is 0.0323. The van der Waals surface area contributed by atoms with Crippen LogP contribution in [0.5, 0.6) is 0 Å². The van der Waals surface area contributed by atoms with Crippen molar-refractivity contribution in [3.63, 3.8) is 0 Å². The molecule has 0 radical (unpaired) electrons. The molecule has 2 aliphatic rings. The topological polar surface area (TPSA) is 186 Å². The van der Waals surface area contributed by atoms with Crippen molar-refractivity contribution >= 4 is 24.1 Å². The Morgan fingerprint density at radius 3 is 2.41 bits per heavy atom. The van der Waals surface area contributed by atoms with Gasteiger partial charge in [0.25, 0.3) is 5.09 Å². The molecule has 1 unspecified atom stereocenters. The first-order valence-electron chi connectivity index (χ1n) is 17.0. The maximum atomic E-state index is 12.5. The molecule has 15 nitrogen and oxygen atoms in total. The van der Waals surface area contributed by atoms with Crippen molar-refractivity contribution in [3.8, 4) is 11.1 Å². The van der Waals surface area contributed by atoms with Gasteiger partial charge in [-0.3, -0.25) is 15.4 Å². The maximum absolute atomic E-state index is 12.5. The van der Waals surface area contributed by atoms with Gasteiger partial charge in [-0.15, -0.1) is 15.2 Å². The summed E-state index contributed by atoms with van der Waals surface area (Å²) in [6.45, 7) is 3.79. The molecule has 4 N–H and O–H groups in total. The van der Waals surface area contributed by atoms with Gasteiger partial charge in [-0.25, -0.2) is 16.2 Å². The van der Waals surface area contributed by atoms with E-state index in [4.69, 9.17) is 20.3 Å². The van der Waals surface area contributed by atoms with Crippen LogP contribution < -0.4 is 16.8 Å². The first-order valence-corrected chi connectivity index (χ1v) is 17.0. The Hall–Kier alpha value is -5.54. The second kappa shape index (κ2) is 17.4. The number of nitrogens with zero attached hydrogens (tertiary/aromatic N) is 5. The summed E-state index contributed by atoms with van der Waals surface area (Å²) >= 11 is 0. The Morgan fingerprint density at radius 1 is 1.08 bits per heavy atom. The molecule has 1 aliphatic heterocycles. The number of hydrazine groups is 3. The fourth-order valence-electron chi connectivity index (χ4n) is 6.00. The van der Waals surface area contributed by atoms with Crippen molar-refractivity contribution in [1.82, 2.24) is 21.1 Å². The van der Waals surface area contributed by atoms with Crippen molar-refractivity contribution in [3.05, 3.63) is 105 Å². The highest BCUT2D eigenvalue weighted by molar-refractivity contribution is 6.04. The van der Waals surface area contributed by atoms with Crippen molar-refractivity contribution in [2.45, 2.75) is 90.3 Å². The minimum Gasteiger partial charge on any atom is -0.429 e. The lowest BCUT2D eigenvalue weighted by Gasteiger charge is -2.26. The number of carbonyl (C=O) groups is 2. The van der Waals surface area contributed by atoms with E-state index in [0.717, 1.165) is 79.3 Å². The third kappa shape index (κ3) is 9.80. The zero-order chi connectivity index (χ0) is 36.2. The van der Waals surface area contributed by atoms with Crippen molar-refractivity contribution in [1.29, 1.82) is 0 Å². The largest absolute Gasteiger partial charge is 0.510 e. The van der Waals surface area contributed by atoms with Crippen molar-refractivity contribution in [2.75, 3.05) is 0 Å². The van der Waals surface area contributed by atoms with Crippen LogP contribution in [0.3, 0.4) is 0 Å². The fourth-order valence-corrected chi connectivity index (χ4v) is 6.00. The summed E-state index contributed by atoms with van der Waals surface area (Å²) in [5.41, 5.74) is 10.1. The van der Waals surface area contributed by atoms with Gasteiger partial charge in [0.05, 0.1) is 6.54 Å². The number of nitrogens with one attached hydrogen (secondary N) is 2. The summed E-state index contributed by atoms with van der Waals surface area (Å²) in [5.74, 6) is 7.84. The predicted molar refractivity (Wildman–Crippen MR) is 189 cm³/mol. The Balaban J connectivity index is 1.18. The van der Waals surface area contributed by atoms with E-state index < -0.39 is 23.0 Å². The molecule has 0 amide bonds. The molecule has 51 heavy (non-hydrogen) atoms. The molecular formula is C36H44N8O7. The molecule has 0 saturated heterocycles. The number of hydrazone groups is 1. The number of aldehydes is 1. The molecule has 0 aromatic heterocycles. The molecule has 270 valence electrons. The highest BCUT2D eigenvalue weighted by atomic mass is 16.9. The van der Waals surface area contributed by atoms with Crippen molar-refractivity contribution in [2.24, 2.45) is 15.9 Å². The van der Waals surface area contributed by atoms with E-state index in [0.29, 0.717) is 23.5 Å². The molecule has 1 fully saturated rings. The summed E-state index contributed by atoms with van der Waals surface area (Å²) in [4.78, 5) is 44.4. The standard InChI is InChI=1S/C36H44N8O7/c1-3-4-15-33(38-36(25-45)20-9-10-21-36)42(37)22-27-16-18-28(19-17-27)31-13-7-8-14-32(31)34-39-41-43(40-34)26(2)51-35(46)49-23-29-11-5-6-12-30(29)24-50-44(47)48/h5-8,11-14,16-19,25-26,41H,3-4,9-10,15,20-24,37H2,1-2H3,(H,39,40). The molecule has 0 spiro atoms. The van der Waals surface area contributed by atoms with Crippen LogP contribution >= 0.6 is 0 Å². The van der Waals surface area contributed by atoms with Crippen LogP contribution in [-0.4, -0.2) is 51.1 Å². The minimum absolute atomic E-state index is 0.157. The summed E-state index contributed by atoms with van der Waals surface area (Å²) in [6, 6.07) is 22.6. The molecule has 1 saturated carbocycles. The van der Waals surface area contributed by atoms with E-state index >= 15 is 0 Å². The zero-order valence-corrected chi connectivity index (χ0v) is 28.8. The van der Waals surface area contributed by atoms with Crippen LogP contribution in [0.15, 0.2) is 82.9 Å². The molecule has 5 rings (SSSR count). The van der Waals surface area contributed by atoms with Gasteiger partial charge in [0.2, 0.25) is 0 Å². The number of hydrogen-bond acceptors (Lipinski definition) is 13. The van der Waals surface area contributed by atoms with Gasteiger partial charge in [0, 0.05) is 12.0 Å². The second-order valence-electron chi connectivity index (χ2n) is 12.5. The lowest BCUT2D eigenvalue weighted by molar-refractivity contribution is -0.763. The van der Waals surface area contributed by atoms with Gasteiger partial charge >= 0.3 is 6.16 Å². The van der Waals surface area contributed by atoms with Crippen LogP contribution in [-0.2, 0) is 38.9 Å². The second-order valence-corrected chi connectivity index (χ2v) is 12.5. The van der Waals surface area contributed by atoms with Crippen LogP contribution in [0, 0.1) is 10.1 Å². The molecule has 1 aliphatic carbocycles. The molecular weight excluding hydrogens is 656 g/mol. The van der Waals surface area contributed by atoms with E-state index in [1.165, 1.54) is 5.12 Å². The predicted octanol–water partition coefficient (Wildman–Crippen LogP) is 5.52. The van der Waals surface area contributed by atoms with Crippen molar-refractivity contribution < 1.29 is 29.0 Å². The first kappa shape index (κ1) is 36.7. The smallest absolute Gasteiger partial charge is 0.429 e. The van der Waals surface area contributed by atoms with Crippen LogP contribution in [0.2, 0.25) is 0 Å². The summed E-state index contributed by atoms with van der Waals surface area (Å²) < 4.78 is 10.7. The van der Waals surface area contributed by atoms with Gasteiger partial charge in [-0.2, -0.15) is 0 Å². The summed E-state index contributed by atoms with van der Waals surface area (Å²) in [7, 11) is 0. The number of hydrogen-bond donors (Lipinski definition) is 3. The minimum atomic E-state index is -0.938. The molecule has 3 aromatic rings. The molecule has 0 bridgehead atoms. The lowest BCUT2D eigenvalue weighted by Crippen LogP contribution is -2.49. The Morgan fingerprint density at radius 2 is 1.75 bits per heavy atom. The third-order valence-corrected chi connectivity index (χ3v) is 8.84. The summed E-state index contributed by atoms with van der Waals surface area (Å²) in [5, 5.41) is 17.2. The van der Waals surface area contributed by atoms with Gasteiger partial charge in [0.1, 0.15) is 30.9 Å². The van der Waals surface area contributed by atoms with E-state index in [1.807, 2.05) is 48.5 Å². The van der Waals surface area contributed by atoms with Gasteiger partial charge in [-0.1, -0.05) is 104 Å². The van der Waals surface area contributed by atoms with Crippen LogP contribution in [0.4, 0.5) is 4.79 Å². The number of ether oxygens (including phenoxy) is 2. The zero-order valence-electron chi connectivity index (χ0n) is 28.8. The average molecular weight is 701 g/mol. The molecule has 15 heteroatoms.